The maximum atomic E-state index is 12.6. The van der Waals surface area contributed by atoms with E-state index in [1.807, 2.05) is 24.3 Å². The highest BCUT2D eigenvalue weighted by Crippen LogP contribution is 2.17. The molecule has 0 bridgehead atoms. The molecule has 27 heavy (non-hydrogen) atoms. The number of methoxy groups -OCH3 is 1. The minimum atomic E-state index is -0.0960. The highest BCUT2D eigenvalue weighted by atomic mass is 16.5. The van der Waals surface area contributed by atoms with Gasteiger partial charge >= 0.3 is 0 Å². The van der Waals surface area contributed by atoms with E-state index in [4.69, 9.17) is 14.2 Å². The molecule has 1 N–H and O–H groups in total. The molecule has 1 aliphatic rings. The van der Waals surface area contributed by atoms with Gasteiger partial charge in [0.1, 0.15) is 35.4 Å². The molecule has 8 heteroatoms. The van der Waals surface area contributed by atoms with Crippen molar-refractivity contribution in [1.82, 2.24) is 14.9 Å². The van der Waals surface area contributed by atoms with Crippen molar-refractivity contribution in [3.05, 3.63) is 41.9 Å². The number of aryl methyl sites for hydroxylation is 1. The minimum absolute atomic E-state index is 0.0960. The maximum absolute atomic E-state index is 12.6. The summed E-state index contributed by atoms with van der Waals surface area (Å²) in [4.78, 5) is 23.0. The first-order chi connectivity index (χ1) is 13.2. The highest BCUT2D eigenvalue weighted by Gasteiger charge is 2.20. The van der Waals surface area contributed by atoms with Crippen molar-refractivity contribution >= 4 is 11.7 Å². The number of benzene rings is 1. The molecular formula is C19H24N4O4. The van der Waals surface area contributed by atoms with Crippen LogP contribution in [0.25, 0.3) is 0 Å². The molecular weight excluding hydrogens is 348 g/mol. The molecule has 1 saturated heterocycles. The summed E-state index contributed by atoms with van der Waals surface area (Å²) >= 11 is 0. The molecule has 0 atom stereocenters. The normalized spacial score (nSPS) is 13.9. The van der Waals surface area contributed by atoms with E-state index in [2.05, 4.69) is 15.3 Å². The van der Waals surface area contributed by atoms with E-state index in [1.54, 1.807) is 25.0 Å². The van der Waals surface area contributed by atoms with Crippen molar-refractivity contribution in [3.8, 4) is 11.5 Å². The zero-order valence-corrected chi connectivity index (χ0v) is 15.6. The van der Waals surface area contributed by atoms with Crippen LogP contribution in [0.3, 0.4) is 0 Å². The Balaban J connectivity index is 1.53. The summed E-state index contributed by atoms with van der Waals surface area (Å²) in [6.45, 7) is 5.07. The van der Waals surface area contributed by atoms with Crippen molar-refractivity contribution in [1.29, 1.82) is 0 Å². The van der Waals surface area contributed by atoms with Gasteiger partial charge in [-0.1, -0.05) is 0 Å². The predicted molar refractivity (Wildman–Crippen MR) is 100 cm³/mol. The first-order valence-corrected chi connectivity index (χ1v) is 8.89. The summed E-state index contributed by atoms with van der Waals surface area (Å²) < 4.78 is 16.1. The summed E-state index contributed by atoms with van der Waals surface area (Å²) in [6, 6.07) is 9.08. The van der Waals surface area contributed by atoms with E-state index in [9.17, 15) is 4.79 Å². The van der Waals surface area contributed by atoms with E-state index in [0.717, 1.165) is 11.5 Å². The van der Waals surface area contributed by atoms with Gasteiger partial charge < -0.3 is 24.4 Å². The summed E-state index contributed by atoms with van der Waals surface area (Å²) in [5, 5.41) is 3.18. The zero-order chi connectivity index (χ0) is 19.1. The van der Waals surface area contributed by atoms with Crippen molar-refractivity contribution in [2.24, 2.45) is 0 Å². The fraction of sp³-hybridized carbons (Fsp3) is 0.421. The molecule has 0 spiro atoms. The lowest BCUT2D eigenvalue weighted by Crippen LogP contribution is -2.41. The largest absolute Gasteiger partial charge is 0.497 e. The van der Waals surface area contributed by atoms with Gasteiger partial charge in [-0.25, -0.2) is 9.97 Å². The van der Waals surface area contributed by atoms with Gasteiger partial charge in [0.25, 0.3) is 5.91 Å². The Morgan fingerprint density at radius 2 is 1.89 bits per heavy atom. The number of aromatic nitrogens is 2. The number of hydrogen-bond donors (Lipinski definition) is 1. The molecule has 3 rings (SSSR count). The summed E-state index contributed by atoms with van der Waals surface area (Å²) in [7, 11) is 1.63. The Hall–Kier alpha value is -2.87. The second kappa shape index (κ2) is 9.18. The lowest BCUT2D eigenvalue weighted by Gasteiger charge is -2.26. The Labute approximate surface area is 158 Å². The second-order valence-corrected chi connectivity index (χ2v) is 6.04. The predicted octanol–water partition coefficient (Wildman–Crippen LogP) is 1.76. The number of morpholine rings is 1. The number of ether oxygens (including phenoxy) is 3. The van der Waals surface area contributed by atoms with Gasteiger partial charge in [-0.15, -0.1) is 0 Å². The number of rotatable bonds is 7. The number of amides is 1. The first-order valence-electron chi connectivity index (χ1n) is 8.89. The van der Waals surface area contributed by atoms with Gasteiger partial charge in [0.05, 0.1) is 26.9 Å². The average Bonchev–Trinajstić information content (AvgIpc) is 2.71. The highest BCUT2D eigenvalue weighted by molar-refractivity contribution is 5.93. The molecule has 0 unspecified atom stereocenters. The molecule has 0 saturated carbocycles. The molecule has 0 aliphatic carbocycles. The second-order valence-electron chi connectivity index (χ2n) is 6.04. The number of hydrogen-bond acceptors (Lipinski definition) is 7. The van der Waals surface area contributed by atoms with Crippen molar-refractivity contribution < 1.29 is 19.0 Å². The number of carbonyl (C=O) groups excluding carboxylic acids is 1. The van der Waals surface area contributed by atoms with Crippen LogP contribution in [0.15, 0.2) is 30.3 Å². The molecule has 1 aliphatic heterocycles. The van der Waals surface area contributed by atoms with Crippen LogP contribution in [-0.4, -0.2) is 67.3 Å². The first kappa shape index (κ1) is 18.9. The molecule has 2 aromatic rings. The van der Waals surface area contributed by atoms with Crippen LogP contribution in [0.2, 0.25) is 0 Å². The summed E-state index contributed by atoms with van der Waals surface area (Å²) in [5.74, 6) is 2.61. The fourth-order valence-corrected chi connectivity index (χ4v) is 2.72. The third-order valence-corrected chi connectivity index (χ3v) is 4.09. The number of carbonyl (C=O) groups is 1. The van der Waals surface area contributed by atoms with Gasteiger partial charge in [0.15, 0.2) is 0 Å². The van der Waals surface area contributed by atoms with Gasteiger partial charge in [0, 0.05) is 19.2 Å². The number of anilines is 1. The van der Waals surface area contributed by atoms with Crippen molar-refractivity contribution in [2.45, 2.75) is 6.92 Å². The summed E-state index contributed by atoms with van der Waals surface area (Å²) in [6.07, 6.45) is 0. The van der Waals surface area contributed by atoms with Gasteiger partial charge in [-0.3, -0.25) is 4.79 Å². The van der Waals surface area contributed by atoms with Crippen LogP contribution in [0, 0.1) is 6.92 Å². The Morgan fingerprint density at radius 3 is 2.59 bits per heavy atom. The topological polar surface area (TPSA) is 85.8 Å². The lowest BCUT2D eigenvalue weighted by atomic mass is 10.3. The zero-order valence-electron chi connectivity index (χ0n) is 15.6. The van der Waals surface area contributed by atoms with Crippen LogP contribution in [-0.2, 0) is 4.74 Å². The van der Waals surface area contributed by atoms with Gasteiger partial charge in [-0.2, -0.15) is 0 Å². The lowest BCUT2D eigenvalue weighted by molar-refractivity contribution is 0.0299. The monoisotopic (exact) mass is 372 g/mol. The third-order valence-electron chi connectivity index (χ3n) is 4.09. The number of nitrogens with one attached hydrogen (secondary N) is 1. The molecule has 2 heterocycles. The molecule has 1 amide bonds. The van der Waals surface area contributed by atoms with Crippen LogP contribution in [0.4, 0.5) is 5.82 Å². The quantitative estimate of drug-likeness (QED) is 0.741. The average molecular weight is 372 g/mol. The van der Waals surface area contributed by atoms with Gasteiger partial charge in [-0.05, 0) is 31.2 Å². The third kappa shape index (κ3) is 5.30. The van der Waals surface area contributed by atoms with E-state index in [1.165, 1.54) is 0 Å². The minimum Gasteiger partial charge on any atom is -0.497 e. The van der Waals surface area contributed by atoms with E-state index in [0.29, 0.717) is 56.8 Å². The standard InChI is InChI=1S/C19H24N4O4/c1-14-21-17(19(24)23-8-11-26-12-9-23)13-18(22-14)20-7-10-27-16-5-3-15(25-2)4-6-16/h3-6,13H,7-12H2,1-2H3,(H,20,21,22). The van der Waals surface area contributed by atoms with Crippen LogP contribution in [0.5, 0.6) is 11.5 Å². The van der Waals surface area contributed by atoms with Crippen molar-refractivity contribution in [2.75, 3.05) is 51.9 Å². The van der Waals surface area contributed by atoms with Crippen LogP contribution >= 0.6 is 0 Å². The smallest absolute Gasteiger partial charge is 0.272 e. The Morgan fingerprint density at radius 1 is 1.19 bits per heavy atom. The molecule has 1 aromatic heterocycles. The molecule has 8 nitrogen and oxygen atoms in total. The maximum Gasteiger partial charge on any atom is 0.272 e. The SMILES string of the molecule is COc1ccc(OCCNc2cc(C(=O)N3CCOCC3)nc(C)n2)cc1. The van der Waals surface area contributed by atoms with E-state index >= 15 is 0 Å². The molecule has 0 radical (unpaired) electrons. The molecule has 1 aromatic carbocycles. The van der Waals surface area contributed by atoms with Crippen LogP contribution < -0.4 is 14.8 Å². The summed E-state index contributed by atoms with van der Waals surface area (Å²) in [5.41, 5.74) is 0.392. The Bertz CT molecular complexity index is 761. The molecule has 144 valence electrons. The Kier molecular flexibility index (Phi) is 6.43. The van der Waals surface area contributed by atoms with E-state index < -0.39 is 0 Å². The number of nitrogens with zero attached hydrogens (tertiary/aromatic N) is 3. The van der Waals surface area contributed by atoms with Crippen LogP contribution in [0.1, 0.15) is 16.3 Å². The fourth-order valence-electron chi connectivity index (χ4n) is 2.72. The van der Waals surface area contributed by atoms with Crippen molar-refractivity contribution in [3.63, 3.8) is 0 Å². The van der Waals surface area contributed by atoms with E-state index in [-0.39, 0.29) is 5.91 Å². The molecule has 1 fully saturated rings. The van der Waals surface area contributed by atoms with Gasteiger partial charge in [0.2, 0.25) is 0 Å².